The molecular weight excluding hydrogens is 424 g/mol. The monoisotopic (exact) mass is 442 g/mol. The number of esters is 1. The SMILES string of the molecule is CC(C)c1c(C(=O)OCC(=O)Nc2ccccc2Br)cnn1-c1ccccn1. The highest BCUT2D eigenvalue weighted by Crippen LogP contribution is 2.23. The number of rotatable bonds is 6. The number of halogens is 1. The highest BCUT2D eigenvalue weighted by Gasteiger charge is 2.23. The van der Waals surface area contributed by atoms with Crippen molar-refractivity contribution in [3.05, 3.63) is 70.6 Å². The van der Waals surface area contributed by atoms with E-state index >= 15 is 0 Å². The third-order valence-corrected chi connectivity index (χ3v) is 4.61. The number of anilines is 1. The van der Waals surface area contributed by atoms with Crippen molar-refractivity contribution in [2.24, 2.45) is 0 Å². The van der Waals surface area contributed by atoms with E-state index in [0.29, 0.717) is 22.8 Å². The minimum atomic E-state index is -0.604. The summed E-state index contributed by atoms with van der Waals surface area (Å²) in [5, 5.41) is 6.97. The number of hydrogen-bond acceptors (Lipinski definition) is 5. The van der Waals surface area contributed by atoms with Crippen molar-refractivity contribution in [2.75, 3.05) is 11.9 Å². The lowest BCUT2D eigenvalue weighted by Crippen LogP contribution is -2.21. The van der Waals surface area contributed by atoms with Crippen LogP contribution in [0.25, 0.3) is 5.82 Å². The molecule has 2 aromatic heterocycles. The molecule has 0 aliphatic carbocycles. The number of aromatic nitrogens is 3. The van der Waals surface area contributed by atoms with Crippen LogP contribution in [-0.2, 0) is 9.53 Å². The van der Waals surface area contributed by atoms with E-state index in [-0.39, 0.29) is 5.92 Å². The van der Waals surface area contributed by atoms with Gasteiger partial charge in [-0.15, -0.1) is 0 Å². The van der Waals surface area contributed by atoms with Gasteiger partial charge in [0.05, 0.1) is 17.6 Å². The zero-order chi connectivity index (χ0) is 20.1. The van der Waals surface area contributed by atoms with E-state index in [1.165, 1.54) is 6.20 Å². The summed E-state index contributed by atoms with van der Waals surface area (Å²) >= 11 is 3.35. The fraction of sp³-hybridized carbons (Fsp3) is 0.200. The second-order valence-electron chi connectivity index (χ2n) is 6.30. The number of para-hydroxylation sites is 1. The number of ether oxygens (including phenoxy) is 1. The zero-order valence-electron chi connectivity index (χ0n) is 15.4. The molecule has 0 saturated heterocycles. The molecule has 0 bridgehead atoms. The van der Waals surface area contributed by atoms with Crippen molar-refractivity contribution >= 4 is 33.5 Å². The molecule has 1 N–H and O–H groups in total. The zero-order valence-corrected chi connectivity index (χ0v) is 17.0. The largest absolute Gasteiger partial charge is 0.452 e. The van der Waals surface area contributed by atoms with Gasteiger partial charge < -0.3 is 10.1 Å². The predicted molar refractivity (Wildman–Crippen MR) is 109 cm³/mol. The van der Waals surface area contributed by atoms with E-state index in [0.717, 1.165) is 4.47 Å². The summed E-state index contributed by atoms with van der Waals surface area (Å²) in [6, 6.07) is 12.7. The van der Waals surface area contributed by atoms with E-state index in [2.05, 4.69) is 31.3 Å². The van der Waals surface area contributed by atoms with Crippen molar-refractivity contribution in [3.63, 3.8) is 0 Å². The Hall–Kier alpha value is -3.00. The van der Waals surface area contributed by atoms with Gasteiger partial charge in [0.25, 0.3) is 5.91 Å². The molecule has 1 aromatic carbocycles. The van der Waals surface area contributed by atoms with Crippen LogP contribution in [0.5, 0.6) is 0 Å². The Morgan fingerprint density at radius 3 is 2.61 bits per heavy atom. The molecule has 0 aliphatic rings. The minimum Gasteiger partial charge on any atom is -0.452 e. The lowest BCUT2D eigenvalue weighted by molar-refractivity contribution is -0.119. The molecule has 0 saturated carbocycles. The van der Waals surface area contributed by atoms with Gasteiger partial charge in [-0.3, -0.25) is 4.79 Å². The molecule has 0 fully saturated rings. The molecule has 2 heterocycles. The Kier molecular flexibility index (Phi) is 6.20. The van der Waals surface area contributed by atoms with Gasteiger partial charge >= 0.3 is 5.97 Å². The van der Waals surface area contributed by atoms with Crippen LogP contribution in [0.15, 0.2) is 59.3 Å². The third-order valence-electron chi connectivity index (χ3n) is 3.92. The van der Waals surface area contributed by atoms with Crippen LogP contribution in [0, 0.1) is 0 Å². The summed E-state index contributed by atoms with van der Waals surface area (Å²) in [4.78, 5) is 28.9. The van der Waals surface area contributed by atoms with Crippen LogP contribution in [0.1, 0.15) is 35.8 Å². The smallest absolute Gasteiger partial charge is 0.342 e. The molecule has 0 atom stereocenters. The molecule has 0 spiro atoms. The maximum atomic E-state index is 12.6. The van der Waals surface area contributed by atoms with Crippen LogP contribution in [-0.4, -0.2) is 33.2 Å². The van der Waals surface area contributed by atoms with Gasteiger partial charge in [0.2, 0.25) is 0 Å². The summed E-state index contributed by atoms with van der Waals surface area (Å²) < 4.78 is 7.56. The molecule has 1 amide bonds. The van der Waals surface area contributed by atoms with Crippen LogP contribution in [0.3, 0.4) is 0 Å². The van der Waals surface area contributed by atoms with Crippen molar-refractivity contribution in [1.82, 2.24) is 14.8 Å². The van der Waals surface area contributed by atoms with Crippen molar-refractivity contribution < 1.29 is 14.3 Å². The molecule has 0 unspecified atom stereocenters. The lowest BCUT2D eigenvalue weighted by Gasteiger charge is -2.12. The fourth-order valence-corrected chi connectivity index (χ4v) is 3.07. The van der Waals surface area contributed by atoms with Gasteiger partial charge in [0.1, 0.15) is 5.56 Å². The highest BCUT2D eigenvalue weighted by molar-refractivity contribution is 9.10. The van der Waals surface area contributed by atoms with Crippen molar-refractivity contribution in [1.29, 1.82) is 0 Å². The van der Waals surface area contributed by atoms with Gasteiger partial charge in [-0.05, 0) is 46.1 Å². The topological polar surface area (TPSA) is 86.1 Å². The maximum absolute atomic E-state index is 12.6. The fourth-order valence-electron chi connectivity index (χ4n) is 2.69. The number of pyridine rings is 1. The number of amides is 1. The molecule has 3 aromatic rings. The summed E-state index contributed by atoms with van der Waals surface area (Å²) in [5.41, 5.74) is 1.60. The highest BCUT2D eigenvalue weighted by atomic mass is 79.9. The number of hydrogen-bond donors (Lipinski definition) is 1. The number of nitrogens with zero attached hydrogens (tertiary/aromatic N) is 3. The number of benzene rings is 1. The van der Waals surface area contributed by atoms with Crippen LogP contribution in [0.2, 0.25) is 0 Å². The van der Waals surface area contributed by atoms with E-state index in [1.54, 1.807) is 35.1 Å². The number of carbonyl (C=O) groups is 2. The molecular formula is C20H19BrN4O3. The third kappa shape index (κ3) is 4.45. The Labute approximate surface area is 170 Å². The second kappa shape index (κ2) is 8.79. The van der Waals surface area contributed by atoms with Crippen LogP contribution >= 0.6 is 15.9 Å². The van der Waals surface area contributed by atoms with Crippen LogP contribution in [0.4, 0.5) is 5.69 Å². The van der Waals surface area contributed by atoms with Crippen molar-refractivity contribution in [2.45, 2.75) is 19.8 Å². The van der Waals surface area contributed by atoms with Gasteiger partial charge in [-0.25, -0.2) is 14.5 Å². The predicted octanol–water partition coefficient (Wildman–Crippen LogP) is 3.95. The second-order valence-corrected chi connectivity index (χ2v) is 7.16. The maximum Gasteiger partial charge on any atom is 0.342 e. The molecule has 8 heteroatoms. The molecule has 0 aliphatic heterocycles. The quantitative estimate of drug-likeness (QED) is 0.584. The Morgan fingerprint density at radius 1 is 1.18 bits per heavy atom. The standard InChI is InChI=1S/C20H19BrN4O3/c1-13(2)19-14(11-23-25(19)17-9-5-6-10-22-17)20(27)28-12-18(26)24-16-8-4-3-7-15(16)21/h3-11,13H,12H2,1-2H3,(H,24,26). The number of carbonyl (C=O) groups excluding carboxylic acids is 2. The first kappa shape index (κ1) is 19.8. The van der Waals surface area contributed by atoms with E-state index in [1.807, 2.05) is 32.0 Å². The summed E-state index contributed by atoms with van der Waals surface area (Å²) in [7, 11) is 0. The summed E-state index contributed by atoms with van der Waals surface area (Å²) in [6.07, 6.45) is 3.10. The summed E-state index contributed by atoms with van der Waals surface area (Å²) in [6.45, 7) is 3.51. The minimum absolute atomic E-state index is 0.00107. The summed E-state index contributed by atoms with van der Waals surface area (Å²) in [5.74, 6) is -0.422. The first-order valence-electron chi connectivity index (χ1n) is 8.68. The van der Waals surface area contributed by atoms with Gasteiger partial charge in [-0.2, -0.15) is 5.10 Å². The number of nitrogens with one attached hydrogen (secondary N) is 1. The molecule has 28 heavy (non-hydrogen) atoms. The molecule has 7 nitrogen and oxygen atoms in total. The molecule has 144 valence electrons. The van der Waals surface area contributed by atoms with Gasteiger partial charge in [-0.1, -0.05) is 32.0 Å². The van der Waals surface area contributed by atoms with E-state index in [9.17, 15) is 9.59 Å². The normalized spacial score (nSPS) is 10.7. The van der Waals surface area contributed by atoms with Crippen LogP contribution < -0.4 is 5.32 Å². The Bertz CT molecular complexity index is 986. The first-order valence-corrected chi connectivity index (χ1v) is 9.47. The van der Waals surface area contributed by atoms with Gasteiger partial charge in [0, 0.05) is 10.7 Å². The van der Waals surface area contributed by atoms with Gasteiger partial charge in [0.15, 0.2) is 12.4 Å². The molecule has 0 radical (unpaired) electrons. The first-order chi connectivity index (χ1) is 13.5. The average molecular weight is 443 g/mol. The Balaban J connectivity index is 1.72. The average Bonchev–Trinajstić information content (AvgIpc) is 3.14. The molecule has 3 rings (SSSR count). The van der Waals surface area contributed by atoms with E-state index in [4.69, 9.17) is 4.74 Å². The van der Waals surface area contributed by atoms with E-state index < -0.39 is 18.5 Å². The lowest BCUT2D eigenvalue weighted by atomic mass is 10.1. The Morgan fingerprint density at radius 2 is 1.93 bits per heavy atom. The van der Waals surface area contributed by atoms with Crippen molar-refractivity contribution in [3.8, 4) is 5.82 Å².